The smallest absolute Gasteiger partial charge is 0.185 e. The Labute approximate surface area is 116 Å². The summed E-state index contributed by atoms with van der Waals surface area (Å²) < 4.78 is 23.7. The molecule has 2 rings (SSSR count). The standard InChI is InChI=1S/C15H16FNO3/c1-19-8-2-7-17-14-5-3-11(16)9-13(14)15-6-4-12(10-18)20-15/h3-6,9-10,17H,2,7-8H2,1H3. The SMILES string of the molecule is COCCCNc1ccc(F)cc1-c1ccc(C=O)o1. The predicted molar refractivity (Wildman–Crippen MR) is 74.5 cm³/mol. The average molecular weight is 277 g/mol. The normalized spacial score (nSPS) is 10.5. The van der Waals surface area contributed by atoms with E-state index in [0.717, 1.165) is 12.1 Å². The Morgan fingerprint density at radius 2 is 2.20 bits per heavy atom. The highest BCUT2D eigenvalue weighted by molar-refractivity contribution is 5.78. The number of nitrogens with one attached hydrogen (secondary N) is 1. The van der Waals surface area contributed by atoms with Crippen LogP contribution in [0.3, 0.4) is 0 Å². The fraction of sp³-hybridized carbons (Fsp3) is 0.267. The van der Waals surface area contributed by atoms with E-state index in [2.05, 4.69) is 5.32 Å². The fourth-order valence-electron chi connectivity index (χ4n) is 1.87. The van der Waals surface area contributed by atoms with Crippen LogP contribution < -0.4 is 5.32 Å². The molecular weight excluding hydrogens is 261 g/mol. The van der Waals surface area contributed by atoms with Crippen molar-refractivity contribution < 1.29 is 18.3 Å². The number of hydrogen-bond acceptors (Lipinski definition) is 4. The van der Waals surface area contributed by atoms with Crippen LogP contribution in [-0.4, -0.2) is 26.5 Å². The first-order valence-electron chi connectivity index (χ1n) is 6.32. The molecule has 2 aromatic rings. The monoisotopic (exact) mass is 277 g/mol. The Morgan fingerprint density at radius 1 is 1.35 bits per heavy atom. The molecule has 1 aromatic heterocycles. The fourth-order valence-corrected chi connectivity index (χ4v) is 1.87. The van der Waals surface area contributed by atoms with Crippen LogP contribution in [0.2, 0.25) is 0 Å². The van der Waals surface area contributed by atoms with Crippen molar-refractivity contribution in [1.29, 1.82) is 0 Å². The number of carbonyl (C=O) groups is 1. The van der Waals surface area contributed by atoms with Crippen molar-refractivity contribution in [3.63, 3.8) is 0 Å². The van der Waals surface area contributed by atoms with Gasteiger partial charge in [0, 0.05) is 31.5 Å². The summed E-state index contributed by atoms with van der Waals surface area (Å²) in [6.07, 6.45) is 1.46. The number of furan rings is 1. The lowest BCUT2D eigenvalue weighted by molar-refractivity contribution is 0.110. The van der Waals surface area contributed by atoms with E-state index in [9.17, 15) is 9.18 Å². The molecule has 0 aliphatic heterocycles. The van der Waals surface area contributed by atoms with Gasteiger partial charge in [-0.1, -0.05) is 0 Å². The van der Waals surface area contributed by atoms with Crippen molar-refractivity contribution in [2.45, 2.75) is 6.42 Å². The lowest BCUT2D eigenvalue weighted by atomic mass is 10.1. The number of ether oxygens (including phenoxy) is 1. The van der Waals surface area contributed by atoms with Gasteiger partial charge in [0.25, 0.3) is 0 Å². The van der Waals surface area contributed by atoms with Gasteiger partial charge in [-0.05, 0) is 36.8 Å². The van der Waals surface area contributed by atoms with E-state index in [0.29, 0.717) is 30.8 Å². The molecule has 1 N–H and O–H groups in total. The number of hydrogen-bond donors (Lipinski definition) is 1. The molecule has 5 heteroatoms. The van der Waals surface area contributed by atoms with Crippen molar-refractivity contribution in [2.75, 3.05) is 25.6 Å². The summed E-state index contributed by atoms with van der Waals surface area (Å²) in [7, 11) is 1.65. The third-order valence-corrected chi connectivity index (χ3v) is 2.83. The van der Waals surface area contributed by atoms with Crippen molar-refractivity contribution >= 4 is 12.0 Å². The molecule has 0 spiro atoms. The molecule has 0 bridgehead atoms. The van der Waals surface area contributed by atoms with Crippen LogP contribution in [0.4, 0.5) is 10.1 Å². The molecule has 0 atom stereocenters. The topological polar surface area (TPSA) is 51.5 Å². The number of aldehydes is 1. The maximum atomic E-state index is 13.4. The van der Waals surface area contributed by atoms with Crippen LogP contribution in [0.1, 0.15) is 17.0 Å². The molecule has 0 radical (unpaired) electrons. The third-order valence-electron chi connectivity index (χ3n) is 2.83. The lowest BCUT2D eigenvalue weighted by Crippen LogP contribution is -2.05. The van der Waals surface area contributed by atoms with Gasteiger partial charge in [-0.3, -0.25) is 4.79 Å². The summed E-state index contributed by atoms with van der Waals surface area (Å²) in [6.45, 7) is 1.35. The van der Waals surface area contributed by atoms with Crippen molar-refractivity contribution in [1.82, 2.24) is 0 Å². The highest BCUT2D eigenvalue weighted by atomic mass is 19.1. The van der Waals surface area contributed by atoms with Crippen LogP contribution in [0, 0.1) is 5.82 Å². The number of methoxy groups -OCH3 is 1. The van der Waals surface area contributed by atoms with Crippen LogP contribution in [0.15, 0.2) is 34.7 Å². The molecule has 106 valence electrons. The highest BCUT2D eigenvalue weighted by Gasteiger charge is 2.10. The van der Waals surface area contributed by atoms with Gasteiger partial charge in [-0.25, -0.2) is 4.39 Å². The zero-order valence-electron chi connectivity index (χ0n) is 11.2. The molecule has 4 nitrogen and oxygen atoms in total. The highest BCUT2D eigenvalue weighted by Crippen LogP contribution is 2.30. The van der Waals surface area contributed by atoms with Crippen LogP contribution in [0.25, 0.3) is 11.3 Å². The van der Waals surface area contributed by atoms with E-state index in [1.54, 1.807) is 25.3 Å². The molecular formula is C15H16FNO3. The number of halogens is 1. The second-order valence-corrected chi connectivity index (χ2v) is 4.28. The summed E-state index contributed by atoms with van der Waals surface area (Å²) in [5.41, 5.74) is 1.35. The summed E-state index contributed by atoms with van der Waals surface area (Å²) in [5.74, 6) is 0.321. The average Bonchev–Trinajstić information content (AvgIpc) is 2.93. The van der Waals surface area contributed by atoms with Gasteiger partial charge < -0.3 is 14.5 Å². The number of benzene rings is 1. The van der Waals surface area contributed by atoms with Crippen LogP contribution in [0.5, 0.6) is 0 Å². The first-order chi connectivity index (χ1) is 9.74. The van der Waals surface area contributed by atoms with Gasteiger partial charge in [0.2, 0.25) is 0 Å². The Kier molecular flexibility index (Phi) is 4.90. The van der Waals surface area contributed by atoms with Crippen molar-refractivity contribution in [3.8, 4) is 11.3 Å². The zero-order chi connectivity index (χ0) is 14.4. The Bertz CT molecular complexity index is 580. The minimum absolute atomic E-state index is 0.217. The molecule has 0 fully saturated rings. The second-order valence-electron chi connectivity index (χ2n) is 4.28. The third kappa shape index (κ3) is 3.45. The molecule has 20 heavy (non-hydrogen) atoms. The summed E-state index contributed by atoms with van der Waals surface area (Å²) in [5, 5.41) is 3.21. The largest absolute Gasteiger partial charge is 0.453 e. The van der Waals surface area contributed by atoms with Crippen molar-refractivity contribution in [2.24, 2.45) is 0 Å². The molecule has 0 aliphatic rings. The van der Waals surface area contributed by atoms with Gasteiger partial charge in [0.05, 0.1) is 0 Å². The van der Waals surface area contributed by atoms with E-state index in [4.69, 9.17) is 9.15 Å². The van der Waals surface area contributed by atoms with E-state index in [-0.39, 0.29) is 11.6 Å². The second kappa shape index (κ2) is 6.86. The van der Waals surface area contributed by atoms with Gasteiger partial charge >= 0.3 is 0 Å². The van der Waals surface area contributed by atoms with Crippen molar-refractivity contribution in [3.05, 3.63) is 41.9 Å². The number of carbonyl (C=O) groups excluding carboxylic acids is 1. The minimum Gasteiger partial charge on any atom is -0.453 e. The molecule has 0 saturated heterocycles. The van der Waals surface area contributed by atoms with Crippen LogP contribution >= 0.6 is 0 Å². The maximum absolute atomic E-state index is 13.4. The Balaban J connectivity index is 2.21. The number of rotatable bonds is 7. The van der Waals surface area contributed by atoms with E-state index >= 15 is 0 Å². The van der Waals surface area contributed by atoms with Gasteiger partial charge in [0.1, 0.15) is 11.6 Å². The van der Waals surface area contributed by atoms with Gasteiger partial charge in [0.15, 0.2) is 12.0 Å². The summed E-state index contributed by atoms with van der Waals surface area (Å²) in [6, 6.07) is 7.62. The summed E-state index contributed by atoms with van der Waals surface area (Å²) in [4.78, 5) is 10.6. The van der Waals surface area contributed by atoms with Gasteiger partial charge in [-0.15, -0.1) is 0 Å². The Hall–Kier alpha value is -2.14. The predicted octanol–water partition coefficient (Wildman–Crippen LogP) is 3.35. The van der Waals surface area contributed by atoms with E-state index in [1.807, 2.05) is 0 Å². The molecule has 1 aromatic carbocycles. The molecule has 0 aliphatic carbocycles. The minimum atomic E-state index is -0.355. The first-order valence-corrected chi connectivity index (χ1v) is 6.32. The van der Waals surface area contributed by atoms with E-state index < -0.39 is 0 Å². The van der Waals surface area contributed by atoms with Gasteiger partial charge in [-0.2, -0.15) is 0 Å². The summed E-state index contributed by atoms with van der Waals surface area (Å²) >= 11 is 0. The molecule has 0 saturated carbocycles. The lowest BCUT2D eigenvalue weighted by Gasteiger charge is -2.10. The quantitative estimate of drug-likeness (QED) is 0.623. The molecule has 1 heterocycles. The van der Waals surface area contributed by atoms with E-state index in [1.165, 1.54) is 12.1 Å². The number of anilines is 1. The maximum Gasteiger partial charge on any atom is 0.185 e. The molecule has 0 amide bonds. The Morgan fingerprint density at radius 3 is 2.90 bits per heavy atom. The molecule has 0 unspecified atom stereocenters. The first kappa shape index (κ1) is 14.3. The van der Waals surface area contributed by atoms with Crippen LogP contribution in [-0.2, 0) is 4.74 Å². The zero-order valence-corrected chi connectivity index (χ0v) is 11.2.